The van der Waals surface area contributed by atoms with Gasteiger partial charge in [-0.2, -0.15) is 0 Å². The number of carbonyl (C=O) groups excluding carboxylic acids is 1. The van der Waals surface area contributed by atoms with Crippen LogP contribution in [0.4, 0.5) is 4.79 Å². The summed E-state index contributed by atoms with van der Waals surface area (Å²) in [6.07, 6.45) is 8.81. The van der Waals surface area contributed by atoms with E-state index in [0.717, 1.165) is 19.5 Å². The van der Waals surface area contributed by atoms with Crippen molar-refractivity contribution in [2.24, 2.45) is 5.92 Å². The predicted octanol–water partition coefficient (Wildman–Crippen LogP) is 3.94. The second-order valence-electron chi connectivity index (χ2n) is 8.09. The van der Waals surface area contributed by atoms with E-state index >= 15 is 0 Å². The number of nitrogens with one attached hydrogen (secondary N) is 1. The molecule has 1 heterocycles. The van der Waals surface area contributed by atoms with Gasteiger partial charge in [0.25, 0.3) is 0 Å². The van der Waals surface area contributed by atoms with Crippen LogP contribution in [0.3, 0.4) is 0 Å². The lowest BCUT2D eigenvalue weighted by Crippen LogP contribution is -2.54. The maximum atomic E-state index is 12.4. The summed E-state index contributed by atoms with van der Waals surface area (Å²) in [7, 11) is 0. The molecular formula is C18H34N2O2. The van der Waals surface area contributed by atoms with E-state index in [0.29, 0.717) is 18.0 Å². The van der Waals surface area contributed by atoms with E-state index in [4.69, 9.17) is 4.74 Å². The molecule has 1 aliphatic heterocycles. The average Bonchev–Trinajstić information content (AvgIpc) is 2.46. The molecule has 0 aromatic carbocycles. The quantitative estimate of drug-likeness (QED) is 0.858. The van der Waals surface area contributed by atoms with E-state index in [1.54, 1.807) is 0 Å². The largest absolute Gasteiger partial charge is 0.444 e. The first-order valence-corrected chi connectivity index (χ1v) is 9.11. The van der Waals surface area contributed by atoms with Gasteiger partial charge in [-0.3, -0.25) is 0 Å². The molecule has 1 saturated heterocycles. The Morgan fingerprint density at radius 1 is 1.14 bits per heavy atom. The minimum absolute atomic E-state index is 0.152. The van der Waals surface area contributed by atoms with E-state index < -0.39 is 5.60 Å². The Bertz CT molecular complexity index is 359. The SMILES string of the molecule is CCC1CC(NC2CCCCC2)CN(C(=O)OC(C)(C)C)C1. The van der Waals surface area contributed by atoms with Crippen LogP contribution in [0.2, 0.25) is 0 Å². The molecule has 2 rings (SSSR count). The van der Waals surface area contributed by atoms with Gasteiger partial charge in [0.2, 0.25) is 0 Å². The predicted molar refractivity (Wildman–Crippen MR) is 90.0 cm³/mol. The number of piperidine rings is 1. The van der Waals surface area contributed by atoms with Crippen molar-refractivity contribution in [3.05, 3.63) is 0 Å². The van der Waals surface area contributed by atoms with Crippen molar-refractivity contribution >= 4 is 6.09 Å². The molecular weight excluding hydrogens is 276 g/mol. The summed E-state index contributed by atoms with van der Waals surface area (Å²) in [5.41, 5.74) is -0.414. The van der Waals surface area contributed by atoms with Crippen molar-refractivity contribution in [1.29, 1.82) is 0 Å². The molecule has 4 nitrogen and oxygen atoms in total. The summed E-state index contributed by atoms with van der Waals surface area (Å²) in [6.45, 7) is 9.66. The van der Waals surface area contributed by atoms with Gasteiger partial charge in [-0.05, 0) is 46.0 Å². The van der Waals surface area contributed by atoms with Gasteiger partial charge < -0.3 is 15.0 Å². The van der Waals surface area contributed by atoms with Gasteiger partial charge in [0.1, 0.15) is 5.60 Å². The van der Waals surface area contributed by atoms with Gasteiger partial charge in [0.05, 0.1) is 0 Å². The molecule has 1 saturated carbocycles. The third kappa shape index (κ3) is 5.45. The Kier molecular flexibility index (Phi) is 6.13. The molecule has 0 bridgehead atoms. The fraction of sp³-hybridized carbons (Fsp3) is 0.944. The Morgan fingerprint density at radius 3 is 2.41 bits per heavy atom. The first-order chi connectivity index (χ1) is 10.4. The molecule has 0 spiro atoms. The maximum absolute atomic E-state index is 12.4. The van der Waals surface area contributed by atoms with Crippen LogP contribution in [0, 0.1) is 5.92 Å². The van der Waals surface area contributed by atoms with Gasteiger partial charge >= 0.3 is 6.09 Å². The highest BCUT2D eigenvalue weighted by Gasteiger charge is 2.32. The number of nitrogens with zero attached hydrogens (tertiary/aromatic N) is 1. The third-order valence-corrected chi connectivity index (χ3v) is 4.84. The van der Waals surface area contributed by atoms with Crippen LogP contribution in [-0.2, 0) is 4.74 Å². The van der Waals surface area contributed by atoms with Crippen molar-refractivity contribution in [3.8, 4) is 0 Å². The normalized spacial score (nSPS) is 27.7. The van der Waals surface area contributed by atoms with E-state index in [9.17, 15) is 4.79 Å². The number of likely N-dealkylation sites (tertiary alicyclic amines) is 1. The molecule has 2 atom stereocenters. The zero-order valence-electron chi connectivity index (χ0n) is 14.9. The number of hydrogen-bond acceptors (Lipinski definition) is 3. The zero-order chi connectivity index (χ0) is 16.2. The fourth-order valence-corrected chi connectivity index (χ4v) is 3.70. The lowest BCUT2D eigenvalue weighted by atomic mass is 9.89. The Balaban J connectivity index is 1.92. The van der Waals surface area contributed by atoms with Crippen LogP contribution in [0.1, 0.15) is 72.6 Å². The smallest absolute Gasteiger partial charge is 0.410 e. The van der Waals surface area contributed by atoms with Crippen molar-refractivity contribution in [1.82, 2.24) is 10.2 Å². The maximum Gasteiger partial charge on any atom is 0.410 e. The molecule has 1 N–H and O–H groups in total. The summed E-state index contributed by atoms with van der Waals surface area (Å²) in [5, 5.41) is 3.82. The van der Waals surface area contributed by atoms with Crippen LogP contribution < -0.4 is 5.32 Å². The van der Waals surface area contributed by atoms with Crippen molar-refractivity contribution in [2.75, 3.05) is 13.1 Å². The summed E-state index contributed by atoms with van der Waals surface area (Å²) < 4.78 is 5.57. The van der Waals surface area contributed by atoms with Crippen LogP contribution in [0.15, 0.2) is 0 Å². The van der Waals surface area contributed by atoms with Crippen molar-refractivity contribution in [3.63, 3.8) is 0 Å². The van der Waals surface area contributed by atoms with Gasteiger partial charge in [-0.15, -0.1) is 0 Å². The molecule has 0 aromatic heterocycles. The Morgan fingerprint density at radius 2 is 1.82 bits per heavy atom. The molecule has 128 valence electrons. The van der Waals surface area contributed by atoms with Crippen LogP contribution in [0.25, 0.3) is 0 Å². The van der Waals surface area contributed by atoms with Crippen molar-refractivity contribution in [2.45, 2.75) is 90.3 Å². The Labute approximate surface area is 136 Å². The van der Waals surface area contributed by atoms with E-state index in [1.807, 2.05) is 25.7 Å². The average molecular weight is 310 g/mol. The van der Waals surface area contributed by atoms with Gasteiger partial charge in [-0.25, -0.2) is 4.79 Å². The lowest BCUT2D eigenvalue weighted by Gasteiger charge is -2.40. The highest BCUT2D eigenvalue weighted by Crippen LogP contribution is 2.24. The minimum atomic E-state index is -0.414. The van der Waals surface area contributed by atoms with E-state index in [-0.39, 0.29) is 6.09 Å². The molecule has 1 aliphatic carbocycles. The molecule has 2 aliphatic rings. The second-order valence-corrected chi connectivity index (χ2v) is 8.09. The first-order valence-electron chi connectivity index (χ1n) is 9.11. The summed E-state index contributed by atoms with van der Waals surface area (Å²) in [6, 6.07) is 1.07. The number of hydrogen-bond donors (Lipinski definition) is 1. The zero-order valence-corrected chi connectivity index (χ0v) is 14.9. The molecule has 4 heteroatoms. The molecule has 2 unspecified atom stereocenters. The summed E-state index contributed by atoms with van der Waals surface area (Å²) >= 11 is 0. The molecule has 2 fully saturated rings. The molecule has 22 heavy (non-hydrogen) atoms. The van der Waals surface area contributed by atoms with E-state index in [1.165, 1.54) is 38.5 Å². The summed E-state index contributed by atoms with van der Waals surface area (Å²) in [5.74, 6) is 0.586. The number of carbonyl (C=O) groups is 1. The van der Waals surface area contributed by atoms with Gasteiger partial charge in [-0.1, -0.05) is 32.6 Å². The van der Waals surface area contributed by atoms with Crippen LogP contribution >= 0.6 is 0 Å². The van der Waals surface area contributed by atoms with Gasteiger partial charge in [0, 0.05) is 25.2 Å². The summed E-state index contributed by atoms with van der Waals surface area (Å²) in [4.78, 5) is 14.3. The minimum Gasteiger partial charge on any atom is -0.444 e. The van der Waals surface area contributed by atoms with Crippen LogP contribution in [0.5, 0.6) is 0 Å². The molecule has 1 amide bonds. The van der Waals surface area contributed by atoms with Crippen molar-refractivity contribution < 1.29 is 9.53 Å². The van der Waals surface area contributed by atoms with Gasteiger partial charge in [0.15, 0.2) is 0 Å². The highest BCUT2D eigenvalue weighted by atomic mass is 16.6. The lowest BCUT2D eigenvalue weighted by molar-refractivity contribution is 0.0116. The second kappa shape index (κ2) is 7.67. The number of rotatable bonds is 3. The first kappa shape index (κ1) is 17.6. The topological polar surface area (TPSA) is 41.6 Å². The van der Waals surface area contributed by atoms with Crippen LogP contribution in [-0.4, -0.2) is 41.8 Å². The molecule has 0 aromatic rings. The standard InChI is InChI=1S/C18H34N2O2/c1-5-14-11-16(19-15-9-7-6-8-10-15)13-20(12-14)17(21)22-18(2,3)4/h14-16,19H,5-13H2,1-4H3. The molecule has 0 radical (unpaired) electrons. The fourth-order valence-electron chi connectivity index (χ4n) is 3.70. The highest BCUT2D eigenvalue weighted by molar-refractivity contribution is 5.68. The number of amides is 1. The Hall–Kier alpha value is -0.770. The third-order valence-electron chi connectivity index (χ3n) is 4.84. The monoisotopic (exact) mass is 310 g/mol. The number of ether oxygens (including phenoxy) is 1. The van der Waals surface area contributed by atoms with E-state index in [2.05, 4.69) is 12.2 Å².